The van der Waals surface area contributed by atoms with Gasteiger partial charge >= 0.3 is 0 Å². The van der Waals surface area contributed by atoms with Crippen LogP contribution in [0.25, 0.3) is 0 Å². The second-order valence-electron chi connectivity index (χ2n) is 4.61. The van der Waals surface area contributed by atoms with Gasteiger partial charge in [-0.15, -0.1) is 11.8 Å². The van der Waals surface area contributed by atoms with Crippen molar-refractivity contribution in [1.82, 2.24) is 5.32 Å². The molecule has 0 bridgehead atoms. The van der Waals surface area contributed by atoms with Gasteiger partial charge in [0.05, 0.1) is 11.9 Å². The fraction of sp³-hybridized carbons (Fsp3) is 0.533. The Hall–Kier alpha value is -1.00. The second kappa shape index (κ2) is 8.23. The third-order valence-corrected chi connectivity index (χ3v) is 4.10. The number of aliphatic hydroxyl groups excluding tert-OH is 1. The third kappa shape index (κ3) is 5.66. The number of nitrogens with one attached hydrogen (secondary N) is 1. The van der Waals surface area contributed by atoms with Crippen LogP contribution in [0, 0.1) is 0 Å². The molecule has 1 aromatic rings. The Kier molecular flexibility index (Phi) is 6.95. The number of carbonyl (C=O) groups excluding carboxylic acids is 1. The van der Waals surface area contributed by atoms with E-state index in [0.717, 1.165) is 23.3 Å². The van der Waals surface area contributed by atoms with E-state index in [-0.39, 0.29) is 11.9 Å². The number of carbonyl (C=O) groups is 1. The molecule has 0 spiro atoms. The van der Waals surface area contributed by atoms with Gasteiger partial charge in [0.1, 0.15) is 0 Å². The number of thioether (sulfide) groups is 1. The SMILES string of the molecule is CCC(CC)NC(=O)CSc1ccc(C(C)O)cc1. The van der Waals surface area contributed by atoms with Crippen LogP contribution in [0.2, 0.25) is 0 Å². The smallest absolute Gasteiger partial charge is 0.230 e. The summed E-state index contributed by atoms with van der Waals surface area (Å²) in [4.78, 5) is 12.8. The zero-order valence-electron chi connectivity index (χ0n) is 11.8. The molecule has 106 valence electrons. The molecule has 0 heterocycles. The lowest BCUT2D eigenvalue weighted by Gasteiger charge is -2.14. The minimum atomic E-state index is -0.447. The van der Waals surface area contributed by atoms with Crippen LogP contribution >= 0.6 is 11.8 Å². The topological polar surface area (TPSA) is 49.3 Å². The van der Waals surface area contributed by atoms with Crippen LogP contribution in [-0.2, 0) is 4.79 Å². The molecule has 0 aliphatic heterocycles. The summed E-state index contributed by atoms with van der Waals surface area (Å²) in [6, 6.07) is 7.96. The van der Waals surface area contributed by atoms with Crippen LogP contribution in [-0.4, -0.2) is 22.8 Å². The summed E-state index contributed by atoms with van der Waals surface area (Å²) in [7, 11) is 0. The van der Waals surface area contributed by atoms with Gasteiger partial charge in [-0.25, -0.2) is 0 Å². The summed E-state index contributed by atoms with van der Waals surface area (Å²) in [5, 5.41) is 12.4. The normalized spacial score (nSPS) is 12.5. The van der Waals surface area contributed by atoms with Gasteiger partial charge in [0.15, 0.2) is 0 Å². The van der Waals surface area contributed by atoms with Gasteiger partial charge in [0.25, 0.3) is 0 Å². The minimum Gasteiger partial charge on any atom is -0.389 e. The largest absolute Gasteiger partial charge is 0.389 e. The molecule has 0 aliphatic carbocycles. The van der Waals surface area contributed by atoms with Crippen LogP contribution in [0.15, 0.2) is 29.2 Å². The molecule has 1 atom stereocenters. The Morgan fingerprint density at radius 1 is 1.26 bits per heavy atom. The number of hydrogen-bond donors (Lipinski definition) is 2. The molecule has 0 saturated heterocycles. The molecule has 1 aromatic carbocycles. The first-order valence-electron chi connectivity index (χ1n) is 6.77. The van der Waals surface area contributed by atoms with E-state index in [1.807, 2.05) is 24.3 Å². The predicted octanol–water partition coefficient (Wildman–Crippen LogP) is 3.14. The van der Waals surface area contributed by atoms with Crippen molar-refractivity contribution in [3.8, 4) is 0 Å². The van der Waals surface area contributed by atoms with Crippen molar-refractivity contribution in [2.75, 3.05) is 5.75 Å². The maximum atomic E-state index is 11.7. The fourth-order valence-electron chi connectivity index (χ4n) is 1.75. The summed E-state index contributed by atoms with van der Waals surface area (Å²) in [6.07, 6.45) is 1.49. The standard InChI is InChI=1S/C15H23NO2S/c1-4-13(5-2)16-15(18)10-19-14-8-6-12(7-9-14)11(3)17/h6-9,11,13,17H,4-5,10H2,1-3H3,(H,16,18). The average molecular weight is 281 g/mol. The minimum absolute atomic E-state index is 0.0818. The Bertz CT molecular complexity index is 386. The molecule has 1 amide bonds. The number of aliphatic hydroxyl groups is 1. The van der Waals surface area contributed by atoms with Crippen molar-refractivity contribution >= 4 is 17.7 Å². The molecular weight excluding hydrogens is 258 g/mol. The van der Waals surface area contributed by atoms with Gasteiger partial charge in [-0.1, -0.05) is 26.0 Å². The molecule has 3 nitrogen and oxygen atoms in total. The summed E-state index contributed by atoms with van der Waals surface area (Å²) in [5.41, 5.74) is 0.894. The Balaban J connectivity index is 2.41. The Morgan fingerprint density at radius 2 is 1.84 bits per heavy atom. The van der Waals surface area contributed by atoms with E-state index in [0.29, 0.717) is 5.75 Å². The van der Waals surface area contributed by atoms with Crippen molar-refractivity contribution in [3.05, 3.63) is 29.8 Å². The Labute approximate surface area is 119 Å². The molecule has 4 heteroatoms. The van der Waals surface area contributed by atoms with Gasteiger partial charge in [-0.2, -0.15) is 0 Å². The molecule has 0 fully saturated rings. The lowest BCUT2D eigenvalue weighted by molar-refractivity contribution is -0.119. The number of hydrogen-bond acceptors (Lipinski definition) is 3. The summed E-state index contributed by atoms with van der Waals surface area (Å²) < 4.78 is 0. The van der Waals surface area contributed by atoms with Gasteiger partial charge in [-0.3, -0.25) is 4.79 Å². The van der Waals surface area contributed by atoms with E-state index < -0.39 is 6.10 Å². The van der Waals surface area contributed by atoms with Crippen molar-refractivity contribution in [3.63, 3.8) is 0 Å². The van der Waals surface area contributed by atoms with Gasteiger partial charge in [0, 0.05) is 10.9 Å². The first kappa shape index (κ1) is 16.1. The van der Waals surface area contributed by atoms with Gasteiger partial charge in [-0.05, 0) is 37.5 Å². The van der Waals surface area contributed by atoms with Crippen LogP contribution in [0.1, 0.15) is 45.3 Å². The van der Waals surface area contributed by atoms with Crippen LogP contribution in [0.5, 0.6) is 0 Å². The number of rotatable bonds is 7. The third-order valence-electron chi connectivity index (χ3n) is 3.08. The molecule has 0 saturated carbocycles. The molecule has 0 aromatic heterocycles. The molecule has 1 unspecified atom stereocenters. The first-order chi connectivity index (χ1) is 9.06. The van der Waals surface area contributed by atoms with Crippen LogP contribution < -0.4 is 5.32 Å². The zero-order chi connectivity index (χ0) is 14.3. The van der Waals surface area contributed by atoms with E-state index >= 15 is 0 Å². The number of benzene rings is 1. The predicted molar refractivity (Wildman–Crippen MR) is 80.3 cm³/mol. The van der Waals surface area contributed by atoms with Gasteiger partial charge < -0.3 is 10.4 Å². The average Bonchev–Trinajstić information content (AvgIpc) is 2.43. The van der Waals surface area contributed by atoms with Crippen molar-refractivity contribution < 1.29 is 9.90 Å². The molecule has 0 aliphatic rings. The highest BCUT2D eigenvalue weighted by molar-refractivity contribution is 8.00. The molecular formula is C15H23NO2S. The lowest BCUT2D eigenvalue weighted by Crippen LogP contribution is -2.34. The maximum Gasteiger partial charge on any atom is 0.230 e. The van der Waals surface area contributed by atoms with Crippen molar-refractivity contribution in [2.24, 2.45) is 0 Å². The van der Waals surface area contributed by atoms with Crippen LogP contribution in [0.4, 0.5) is 0 Å². The number of amides is 1. The van der Waals surface area contributed by atoms with E-state index in [9.17, 15) is 9.90 Å². The summed E-state index contributed by atoms with van der Waals surface area (Å²) >= 11 is 1.52. The highest BCUT2D eigenvalue weighted by Gasteiger charge is 2.08. The molecule has 19 heavy (non-hydrogen) atoms. The molecule has 0 radical (unpaired) electrons. The summed E-state index contributed by atoms with van der Waals surface area (Å²) in [6.45, 7) is 5.90. The van der Waals surface area contributed by atoms with E-state index in [4.69, 9.17) is 0 Å². The van der Waals surface area contributed by atoms with Crippen molar-refractivity contribution in [1.29, 1.82) is 0 Å². The van der Waals surface area contributed by atoms with Gasteiger partial charge in [0.2, 0.25) is 5.91 Å². The Morgan fingerprint density at radius 3 is 2.32 bits per heavy atom. The van der Waals surface area contributed by atoms with Crippen LogP contribution in [0.3, 0.4) is 0 Å². The van der Waals surface area contributed by atoms with Crippen molar-refractivity contribution in [2.45, 2.75) is 50.7 Å². The zero-order valence-corrected chi connectivity index (χ0v) is 12.7. The monoisotopic (exact) mass is 281 g/mol. The van der Waals surface area contributed by atoms with E-state index in [2.05, 4.69) is 19.2 Å². The summed E-state index contributed by atoms with van der Waals surface area (Å²) in [5.74, 6) is 0.517. The van der Waals surface area contributed by atoms with E-state index in [1.54, 1.807) is 6.92 Å². The quantitative estimate of drug-likeness (QED) is 0.755. The lowest BCUT2D eigenvalue weighted by atomic mass is 10.1. The second-order valence-corrected chi connectivity index (χ2v) is 5.66. The molecule has 1 rings (SSSR count). The first-order valence-corrected chi connectivity index (χ1v) is 7.75. The highest BCUT2D eigenvalue weighted by atomic mass is 32.2. The maximum absolute atomic E-state index is 11.7. The highest BCUT2D eigenvalue weighted by Crippen LogP contribution is 2.20. The fourth-order valence-corrected chi connectivity index (χ4v) is 2.46. The molecule has 2 N–H and O–H groups in total. The van der Waals surface area contributed by atoms with E-state index in [1.165, 1.54) is 11.8 Å².